The van der Waals surface area contributed by atoms with Crippen molar-refractivity contribution in [2.24, 2.45) is 0 Å². The van der Waals surface area contributed by atoms with Gasteiger partial charge in [-0.1, -0.05) is 0 Å². The SMILES string of the molecule is Cc1ccsc1-c1c(-c2ccc(O)cc2)oc2c(C)cc(O)cc12. The third-order valence-electron chi connectivity index (χ3n) is 4.18. The molecular formula is C20H16O3S. The van der Waals surface area contributed by atoms with Gasteiger partial charge in [-0.15, -0.1) is 11.3 Å². The summed E-state index contributed by atoms with van der Waals surface area (Å²) in [6, 6.07) is 12.5. The van der Waals surface area contributed by atoms with Crippen molar-refractivity contribution in [3.63, 3.8) is 0 Å². The van der Waals surface area contributed by atoms with Crippen molar-refractivity contribution >= 4 is 22.3 Å². The molecule has 0 fully saturated rings. The zero-order valence-corrected chi connectivity index (χ0v) is 14.1. The van der Waals surface area contributed by atoms with Gasteiger partial charge in [0.1, 0.15) is 22.8 Å². The molecule has 4 rings (SSSR count). The lowest BCUT2D eigenvalue weighted by molar-refractivity contribution is 0.474. The van der Waals surface area contributed by atoms with Crippen molar-refractivity contribution in [2.75, 3.05) is 0 Å². The Hall–Kier alpha value is -2.72. The van der Waals surface area contributed by atoms with Crippen molar-refractivity contribution in [1.29, 1.82) is 0 Å². The Morgan fingerprint density at radius 3 is 2.29 bits per heavy atom. The van der Waals surface area contributed by atoms with Gasteiger partial charge >= 0.3 is 0 Å². The van der Waals surface area contributed by atoms with E-state index >= 15 is 0 Å². The maximum Gasteiger partial charge on any atom is 0.144 e. The lowest BCUT2D eigenvalue weighted by Crippen LogP contribution is -1.81. The molecule has 0 aliphatic rings. The second-order valence-electron chi connectivity index (χ2n) is 5.93. The molecule has 0 bridgehead atoms. The monoisotopic (exact) mass is 336 g/mol. The van der Waals surface area contributed by atoms with E-state index in [2.05, 4.69) is 18.4 Å². The Kier molecular flexibility index (Phi) is 3.36. The first-order valence-corrected chi connectivity index (χ1v) is 8.52. The second-order valence-corrected chi connectivity index (χ2v) is 6.84. The summed E-state index contributed by atoms with van der Waals surface area (Å²) < 4.78 is 6.20. The molecule has 0 atom stereocenters. The van der Waals surface area contributed by atoms with Crippen molar-refractivity contribution in [3.8, 4) is 33.3 Å². The number of hydrogen-bond acceptors (Lipinski definition) is 4. The Labute approximate surface area is 143 Å². The molecule has 2 aromatic heterocycles. The van der Waals surface area contributed by atoms with Crippen molar-refractivity contribution in [2.45, 2.75) is 13.8 Å². The van der Waals surface area contributed by atoms with Gasteiger partial charge < -0.3 is 14.6 Å². The third-order valence-corrected chi connectivity index (χ3v) is 5.21. The molecule has 24 heavy (non-hydrogen) atoms. The Balaban J connectivity index is 2.11. The van der Waals surface area contributed by atoms with Crippen LogP contribution in [0.15, 0.2) is 52.3 Å². The molecule has 0 aliphatic carbocycles. The van der Waals surface area contributed by atoms with Crippen molar-refractivity contribution in [1.82, 2.24) is 0 Å². The van der Waals surface area contributed by atoms with Crippen LogP contribution in [-0.4, -0.2) is 10.2 Å². The molecule has 0 spiro atoms. The number of thiophene rings is 1. The number of aryl methyl sites for hydroxylation is 2. The van der Waals surface area contributed by atoms with Gasteiger partial charge in [-0.2, -0.15) is 0 Å². The molecule has 4 aromatic rings. The van der Waals surface area contributed by atoms with E-state index in [1.807, 2.05) is 19.1 Å². The summed E-state index contributed by atoms with van der Waals surface area (Å²) in [7, 11) is 0. The first-order valence-electron chi connectivity index (χ1n) is 7.64. The predicted molar refractivity (Wildman–Crippen MR) is 97.8 cm³/mol. The highest BCUT2D eigenvalue weighted by Gasteiger charge is 2.21. The van der Waals surface area contributed by atoms with Gasteiger partial charge in [0.05, 0.1) is 0 Å². The maximum atomic E-state index is 10.0. The number of rotatable bonds is 2. The quantitative estimate of drug-likeness (QED) is 0.482. The molecule has 0 saturated heterocycles. The van der Waals surface area contributed by atoms with Gasteiger partial charge in [0.2, 0.25) is 0 Å². The van der Waals surface area contributed by atoms with E-state index in [0.717, 1.165) is 38.3 Å². The van der Waals surface area contributed by atoms with Crippen LogP contribution < -0.4 is 0 Å². The molecule has 4 heteroatoms. The largest absolute Gasteiger partial charge is 0.508 e. The minimum Gasteiger partial charge on any atom is -0.508 e. The van der Waals surface area contributed by atoms with Crippen LogP contribution in [0.2, 0.25) is 0 Å². The van der Waals surface area contributed by atoms with Gasteiger partial charge in [-0.05, 0) is 72.8 Å². The van der Waals surface area contributed by atoms with Gasteiger partial charge in [0.25, 0.3) is 0 Å². The summed E-state index contributed by atoms with van der Waals surface area (Å²) in [4.78, 5) is 1.13. The summed E-state index contributed by atoms with van der Waals surface area (Å²) in [6.45, 7) is 4.00. The third kappa shape index (κ3) is 2.27. The zero-order chi connectivity index (χ0) is 16.8. The Bertz CT molecular complexity index is 1040. The van der Waals surface area contributed by atoms with Gasteiger partial charge in [0.15, 0.2) is 0 Å². The lowest BCUT2D eigenvalue weighted by atomic mass is 10.0. The molecule has 0 amide bonds. The summed E-state index contributed by atoms with van der Waals surface area (Å²) in [5.74, 6) is 1.20. The molecule has 0 aliphatic heterocycles. The fourth-order valence-electron chi connectivity index (χ4n) is 3.02. The number of phenolic OH excluding ortho intramolecular Hbond substituents is 2. The van der Waals surface area contributed by atoms with Crippen LogP contribution in [0.4, 0.5) is 0 Å². The van der Waals surface area contributed by atoms with Gasteiger partial charge in [-0.3, -0.25) is 0 Å². The van der Waals surface area contributed by atoms with Crippen LogP contribution in [0.5, 0.6) is 11.5 Å². The van der Waals surface area contributed by atoms with E-state index < -0.39 is 0 Å². The lowest BCUT2D eigenvalue weighted by Gasteiger charge is -2.04. The normalized spacial score (nSPS) is 11.2. The maximum absolute atomic E-state index is 10.0. The predicted octanol–water partition coefficient (Wildman–Crippen LogP) is 5.86. The summed E-state index contributed by atoms with van der Waals surface area (Å²) in [5, 5.41) is 22.6. The molecule has 120 valence electrons. The fourth-order valence-corrected chi connectivity index (χ4v) is 4.00. The fraction of sp³-hybridized carbons (Fsp3) is 0.100. The number of benzene rings is 2. The van der Waals surface area contributed by atoms with Crippen molar-refractivity contribution < 1.29 is 14.6 Å². The molecule has 2 N–H and O–H groups in total. The minimum atomic E-state index is 0.220. The Morgan fingerprint density at radius 2 is 1.62 bits per heavy atom. The summed E-state index contributed by atoms with van der Waals surface area (Å²) in [6.07, 6.45) is 0. The minimum absolute atomic E-state index is 0.220. The van der Waals surface area contributed by atoms with E-state index in [1.54, 1.807) is 35.6 Å². The van der Waals surface area contributed by atoms with E-state index in [0.29, 0.717) is 0 Å². The summed E-state index contributed by atoms with van der Waals surface area (Å²) in [5.41, 5.74) is 4.72. The number of fused-ring (bicyclic) bond motifs is 1. The highest BCUT2D eigenvalue weighted by molar-refractivity contribution is 7.14. The molecule has 0 saturated carbocycles. The van der Waals surface area contributed by atoms with Crippen LogP contribution in [0.3, 0.4) is 0 Å². The first-order chi connectivity index (χ1) is 11.5. The van der Waals surface area contributed by atoms with Gasteiger partial charge in [0, 0.05) is 21.4 Å². The molecule has 3 nitrogen and oxygen atoms in total. The molecule has 2 aromatic carbocycles. The van der Waals surface area contributed by atoms with Crippen LogP contribution >= 0.6 is 11.3 Å². The number of hydrogen-bond donors (Lipinski definition) is 2. The number of aromatic hydroxyl groups is 2. The average molecular weight is 336 g/mol. The van der Waals surface area contributed by atoms with Crippen LogP contribution in [0.25, 0.3) is 32.7 Å². The van der Waals surface area contributed by atoms with E-state index in [4.69, 9.17) is 4.42 Å². The molecular weight excluding hydrogens is 320 g/mol. The van der Waals surface area contributed by atoms with E-state index in [1.165, 1.54) is 5.56 Å². The standard InChI is InChI=1S/C20H16O3S/c1-11-7-8-24-20(11)17-16-10-15(22)9-12(2)18(16)23-19(17)13-3-5-14(21)6-4-13/h3-10,21-22H,1-2H3. The highest BCUT2D eigenvalue weighted by Crippen LogP contribution is 2.45. The van der Waals surface area contributed by atoms with Crippen LogP contribution in [0, 0.1) is 13.8 Å². The second kappa shape index (κ2) is 5.42. The van der Waals surface area contributed by atoms with E-state index in [-0.39, 0.29) is 11.5 Å². The topological polar surface area (TPSA) is 53.6 Å². The first kappa shape index (κ1) is 14.8. The van der Waals surface area contributed by atoms with Crippen LogP contribution in [-0.2, 0) is 0 Å². The van der Waals surface area contributed by atoms with Crippen LogP contribution in [0.1, 0.15) is 11.1 Å². The molecule has 2 heterocycles. The number of furan rings is 1. The molecule has 0 unspecified atom stereocenters. The van der Waals surface area contributed by atoms with Gasteiger partial charge in [-0.25, -0.2) is 0 Å². The molecule has 0 radical (unpaired) electrons. The van der Waals surface area contributed by atoms with Crippen molar-refractivity contribution in [3.05, 3.63) is 59.0 Å². The Morgan fingerprint density at radius 1 is 0.875 bits per heavy atom. The highest BCUT2D eigenvalue weighted by atomic mass is 32.1. The smallest absolute Gasteiger partial charge is 0.144 e. The zero-order valence-electron chi connectivity index (χ0n) is 13.3. The number of phenols is 2. The average Bonchev–Trinajstić information content (AvgIpc) is 3.11. The van der Waals surface area contributed by atoms with E-state index in [9.17, 15) is 10.2 Å². The summed E-state index contributed by atoms with van der Waals surface area (Å²) >= 11 is 1.65.